The van der Waals surface area contributed by atoms with Crippen LogP contribution < -0.4 is 10.1 Å². The number of urea groups is 1. The third-order valence-corrected chi connectivity index (χ3v) is 6.41. The van der Waals surface area contributed by atoms with Gasteiger partial charge in [-0.3, -0.25) is 0 Å². The molecule has 0 bridgehead atoms. The zero-order valence-corrected chi connectivity index (χ0v) is 19.9. The quantitative estimate of drug-likeness (QED) is 0.349. The van der Waals surface area contributed by atoms with Gasteiger partial charge in [0, 0.05) is 11.9 Å². The summed E-state index contributed by atoms with van der Waals surface area (Å²) in [4.78, 5) is 15.6. The van der Waals surface area contributed by atoms with Crippen LogP contribution in [0.3, 0.4) is 0 Å². The number of anilines is 1. The van der Waals surface area contributed by atoms with Crippen molar-refractivity contribution in [2.75, 3.05) is 11.9 Å². The summed E-state index contributed by atoms with van der Waals surface area (Å²) in [6.07, 6.45) is 2.05. The van der Waals surface area contributed by atoms with E-state index in [-0.39, 0.29) is 12.1 Å². The lowest BCUT2D eigenvalue weighted by Gasteiger charge is -2.31. The molecule has 1 aliphatic rings. The summed E-state index contributed by atoms with van der Waals surface area (Å²) in [5.74, 6) is 0.806. The third kappa shape index (κ3) is 4.15. The molecule has 0 radical (unpaired) electrons. The van der Waals surface area contributed by atoms with E-state index >= 15 is 0 Å². The number of aromatic nitrogens is 1. The van der Waals surface area contributed by atoms with Gasteiger partial charge in [0.15, 0.2) is 0 Å². The topological polar surface area (TPSA) is 46.5 Å². The lowest BCUT2D eigenvalue weighted by atomic mass is 10.0. The number of benzene rings is 3. The van der Waals surface area contributed by atoms with Gasteiger partial charge in [0.05, 0.1) is 35.6 Å². The Labute approximate surface area is 204 Å². The van der Waals surface area contributed by atoms with E-state index in [1.54, 1.807) is 0 Å². The van der Waals surface area contributed by atoms with Gasteiger partial charge in [-0.2, -0.15) is 0 Å². The molecule has 1 N–H and O–H groups in total. The minimum Gasteiger partial charge on any atom is -0.494 e. The first-order valence-corrected chi connectivity index (χ1v) is 11.7. The highest BCUT2D eigenvalue weighted by atomic mass is 35.5. The smallest absolute Gasteiger partial charge is 0.323 e. The predicted molar refractivity (Wildman–Crippen MR) is 136 cm³/mol. The molecule has 5 nitrogen and oxygen atoms in total. The van der Waals surface area contributed by atoms with Crippen LogP contribution >= 0.6 is 11.6 Å². The van der Waals surface area contributed by atoms with E-state index in [1.165, 1.54) is 0 Å². The van der Waals surface area contributed by atoms with Crippen LogP contribution in [0.1, 0.15) is 35.3 Å². The molecule has 5 rings (SSSR count). The number of nitrogens with zero attached hydrogens (tertiary/aromatic N) is 2. The van der Waals surface area contributed by atoms with E-state index in [4.69, 9.17) is 16.3 Å². The Morgan fingerprint density at radius 1 is 1.06 bits per heavy atom. The van der Waals surface area contributed by atoms with E-state index in [0.29, 0.717) is 23.9 Å². The van der Waals surface area contributed by atoms with Crippen molar-refractivity contribution in [3.8, 4) is 11.4 Å². The van der Waals surface area contributed by atoms with Gasteiger partial charge in [0.1, 0.15) is 5.75 Å². The maximum atomic E-state index is 13.8. The van der Waals surface area contributed by atoms with Crippen molar-refractivity contribution in [3.63, 3.8) is 0 Å². The number of aryl methyl sites for hydroxylation is 1. The first-order valence-electron chi connectivity index (χ1n) is 11.4. The number of carbonyl (C=O) groups excluding carboxylic acids is 1. The molecule has 0 fully saturated rings. The maximum Gasteiger partial charge on any atom is 0.323 e. The molecule has 172 valence electrons. The van der Waals surface area contributed by atoms with Crippen LogP contribution in [0.15, 0.2) is 85.1 Å². The van der Waals surface area contributed by atoms with Crippen molar-refractivity contribution in [3.05, 3.63) is 112 Å². The van der Waals surface area contributed by atoms with Gasteiger partial charge in [-0.1, -0.05) is 48.0 Å². The summed E-state index contributed by atoms with van der Waals surface area (Å²) in [5, 5.41) is 3.56. The highest BCUT2D eigenvalue weighted by Gasteiger charge is 2.33. The summed E-state index contributed by atoms with van der Waals surface area (Å²) in [5.41, 5.74) is 5.79. The lowest BCUT2D eigenvalue weighted by Crippen LogP contribution is -2.38. The summed E-state index contributed by atoms with van der Waals surface area (Å²) in [6.45, 7) is 4.99. The predicted octanol–water partition coefficient (Wildman–Crippen LogP) is 6.97. The van der Waals surface area contributed by atoms with Gasteiger partial charge in [-0.05, 0) is 73.0 Å². The Bertz CT molecular complexity index is 1330. The summed E-state index contributed by atoms with van der Waals surface area (Å²) < 4.78 is 7.81. The SMILES string of the molecule is CCOc1ccc(C2c3cccn3-c3ccccc3CN2C(=O)Nc2ccc(C)cc2Cl)cc1. The first-order chi connectivity index (χ1) is 16.5. The largest absolute Gasteiger partial charge is 0.494 e. The molecular formula is C28H26ClN3O2. The minimum absolute atomic E-state index is 0.214. The van der Waals surface area contributed by atoms with Crippen molar-refractivity contribution in [1.82, 2.24) is 9.47 Å². The molecule has 1 aliphatic heterocycles. The Hall–Kier alpha value is -3.70. The average molecular weight is 472 g/mol. The first kappa shape index (κ1) is 22.1. The summed E-state index contributed by atoms with van der Waals surface area (Å²) in [7, 11) is 0. The molecule has 4 aromatic rings. The van der Waals surface area contributed by atoms with Crippen LogP contribution in [0.4, 0.5) is 10.5 Å². The van der Waals surface area contributed by atoms with Crippen molar-refractivity contribution >= 4 is 23.3 Å². The number of halogens is 1. The monoisotopic (exact) mass is 471 g/mol. The molecule has 0 saturated carbocycles. The standard InChI is InChI=1S/C28H26ClN3O2/c1-3-34-22-13-11-20(12-14-22)27-26-9-6-16-31(26)25-8-5-4-7-21(25)18-32(27)28(33)30-24-15-10-19(2)17-23(24)29/h4-17,27H,3,18H2,1-2H3,(H,30,33). The van der Waals surface area contributed by atoms with Crippen LogP contribution in [0.5, 0.6) is 5.75 Å². The van der Waals surface area contributed by atoms with Gasteiger partial charge in [0.25, 0.3) is 0 Å². The zero-order chi connectivity index (χ0) is 23.7. The van der Waals surface area contributed by atoms with Gasteiger partial charge in [-0.25, -0.2) is 4.79 Å². The van der Waals surface area contributed by atoms with E-state index in [1.807, 2.05) is 85.6 Å². The molecule has 1 aromatic heterocycles. The summed E-state index contributed by atoms with van der Waals surface area (Å²) >= 11 is 6.44. The Kier molecular flexibility index (Phi) is 6.03. The van der Waals surface area contributed by atoms with Gasteiger partial charge in [0.2, 0.25) is 0 Å². The van der Waals surface area contributed by atoms with Crippen LogP contribution in [0.25, 0.3) is 5.69 Å². The number of hydrogen-bond acceptors (Lipinski definition) is 2. The second-order valence-corrected chi connectivity index (χ2v) is 8.78. The number of fused-ring (bicyclic) bond motifs is 3. The Balaban J connectivity index is 1.60. The fraction of sp³-hybridized carbons (Fsp3) is 0.179. The molecule has 2 amide bonds. The molecular weight excluding hydrogens is 446 g/mol. The van der Waals surface area contributed by atoms with Gasteiger partial charge >= 0.3 is 6.03 Å². The fourth-order valence-corrected chi connectivity index (χ4v) is 4.79. The van der Waals surface area contributed by atoms with Crippen molar-refractivity contribution < 1.29 is 9.53 Å². The maximum absolute atomic E-state index is 13.8. The molecule has 6 heteroatoms. The van der Waals surface area contributed by atoms with Crippen molar-refractivity contribution in [2.45, 2.75) is 26.4 Å². The molecule has 0 spiro atoms. The molecule has 3 aromatic carbocycles. The number of carbonyl (C=O) groups is 1. The molecule has 2 heterocycles. The molecule has 0 aliphatic carbocycles. The average Bonchev–Trinajstić information content (AvgIpc) is 3.26. The minimum atomic E-state index is -0.303. The number of nitrogens with one attached hydrogen (secondary N) is 1. The van der Waals surface area contributed by atoms with Crippen LogP contribution in [0.2, 0.25) is 5.02 Å². The zero-order valence-electron chi connectivity index (χ0n) is 19.2. The highest BCUT2D eigenvalue weighted by molar-refractivity contribution is 6.33. The van der Waals surface area contributed by atoms with Gasteiger partial charge in [-0.15, -0.1) is 0 Å². The highest BCUT2D eigenvalue weighted by Crippen LogP contribution is 2.37. The second-order valence-electron chi connectivity index (χ2n) is 8.38. The van der Waals surface area contributed by atoms with Crippen LogP contribution in [-0.2, 0) is 6.54 Å². The van der Waals surface area contributed by atoms with Crippen LogP contribution in [0, 0.1) is 6.92 Å². The van der Waals surface area contributed by atoms with E-state index in [2.05, 4.69) is 28.1 Å². The number of rotatable bonds is 4. The van der Waals surface area contributed by atoms with E-state index in [9.17, 15) is 4.79 Å². The number of ether oxygens (including phenoxy) is 1. The fourth-order valence-electron chi connectivity index (χ4n) is 4.51. The Morgan fingerprint density at radius 2 is 1.85 bits per heavy atom. The molecule has 1 unspecified atom stereocenters. The third-order valence-electron chi connectivity index (χ3n) is 6.10. The van der Waals surface area contributed by atoms with Gasteiger partial charge < -0.3 is 19.5 Å². The van der Waals surface area contributed by atoms with E-state index in [0.717, 1.165) is 33.8 Å². The molecule has 1 atom stereocenters. The van der Waals surface area contributed by atoms with Crippen LogP contribution in [-0.4, -0.2) is 22.1 Å². The molecule has 34 heavy (non-hydrogen) atoms. The lowest BCUT2D eigenvalue weighted by molar-refractivity contribution is 0.194. The Morgan fingerprint density at radius 3 is 2.62 bits per heavy atom. The molecule has 0 saturated heterocycles. The van der Waals surface area contributed by atoms with Crippen molar-refractivity contribution in [1.29, 1.82) is 0 Å². The normalized spacial score (nSPS) is 14.7. The number of para-hydroxylation sites is 1. The second kappa shape index (κ2) is 9.27. The summed E-state index contributed by atoms with van der Waals surface area (Å²) in [6, 6.07) is 25.4. The number of amides is 2. The van der Waals surface area contributed by atoms with Crippen molar-refractivity contribution in [2.24, 2.45) is 0 Å². The number of hydrogen-bond donors (Lipinski definition) is 1. The van der Waals surface area contributed by atoms with E-state index < -0.39 is 0 Å².